The van der Waals surface area contributed by atoms with E-state index in [-0.39, 0.29) is 6.54 Å². The van der Waals surface area contributed by atoms with Crippen LogP contribution in [0.5, 0.6) is 0 Å². The first-order valence-electron chi connectivity index (χ1n) is 4.70. The van der Waals surface area contributed by atoms with Gasteiger partial charge < -0.3 is 10.0 Å². The van der Waals surface area contributed by atoms with Crippen molar-refractivity contribution in [3.05, 3.63) is 0 Å². The number of hydrogen-bond donors (Lipinski definition) is 1. The fourth-order valence-corrected chi connectivity index (χ4v) is 1.78. The summed E-state index contributed by atoms with van der Waals surface area (Å²) >= 11 is 0. The molecule has 4 heteroatoms. The minimum absolute atomic E-state index is 0.161. The fraction of sp³-hybridized carbons (Fsp3) is 0.889. The van der Waals surface area contributed by atoms with Gasteiger partial charge in [-0.25, -0.2) is 0 Å². The summed E-state index contributed by atoms with van der Waals surface area (Å²) < 4.78 is 0. The second-order valence-corrected chi connectivity index (χ2v) is 3.84. The van der Waals surface area contributed by atoms with Gasteiger partial charge in [0.2, 0.25) is 0 Å². The van der Waals surface area contributed by atoms with Gasteiger partial charge in [-0.15, -0.1) is 0 Å². The molecular weight excluding hydrogens is 168 g/mol. The van der Waals surface area contributed by atoms with Crippen LogP contribution in [-0.4, -0.2) is 60.6 Å². The van der Waals surface area contributed by atoms with Gasteiger partial charge in [-0.1, -0.05) is 0 Å². The molecule has 0 aromatic rings. The van der Waals surface area contributed by atoms with Crippen LogP contribution >= 0.6 is 0 Å². The van der Waals surface area contributed by atoms with Crippen LogP contribution in [0, 0.1) is 0 Å². The number of carbonyl (C=O) groups is 1. The summed E-state index contributed by atoms with van der Waals surface area (Å²) in [5.74, 6) is -0.735. The Morgan fingerprint density at radius 3 is 2.54 bits per heavy atom. The maximum atomic E-state index is 10.5. The molecular formula is C9H18N2O2. The summed E-state index contributed by atoms with van der Waals surface area (Å²) in [6, 6.07) is 0.451. The molecule has 0 bridgehead atoms. The number of likely N-dealkylation sites (tertiary alicyclic amines) is 1. The van der Waals surface area contributed by atoms with Gasteiger partial charge in [0.05, 0.1) is 6.54 Å². The van der Waals surface area contributed by atoms with Crippen LogP contribution in [0.25, 0.3) is 0 Å². The molecule has 0 aliphatic carbocycles. The van der Waals surface area contributed by atoms with Crippen molar-refractivity contribution in [2.24, 2.45) is 0 Å². The predicted molar refractivity (Wildman–Crippen MR) is 50.8 cm³/mol. The molecule has 0 saturated carbocycles. The lowest BCUT2D eigenvalue weighted by Crippen LogP contribution is -2.43. The van der Waals surface area contributed by atoms with E-state index in [1.165, 1.54) is 0 Å². The largest absolute Gasteiger partial charge is 0.480 e. The van der Waals surface area contributed by atoms with Crippen LogP contribution in [-0.2, 0) is 4.79 Å². The smallest absolute Gasteiger partial charge is 0.317 e. The fourth-order valence-electron chi connectivity index (χ4n) is 1.78. The Bertz CT molecular complexity index is 176. The number of likely N-dealkylation sites (N-methyl/N-ethyl adjacent to an activating group) is 1. The van der Waals surface area contributed by atoms with Gasteiger partial charge in [-0.3, -0.25) is 9.69 Å². The average molecular weight is 186 g/mol. The lowest BCUT2D eigenvalue weighted by molar-refractivity contribution is -0.138. The first-order chi connectivity index (χ1) is 6.09. The van der Waals surface area contributed by atoms with Gasteiger partial charge in [-0.05, 0) is 40.0 Å². The number of rotatable bonds is 3. The Kier molecular flexibility index (Phi) is 3.69. The number of nitrogens with zero attached hydrogens (tertiary/aromatic N) is 2. The number of piperidine rings is 1. The van der Waals surface area contributed by atoms with Gasteiger partial charge >= 0.3 is 5.97 Å². The third-order valence-corrected chi connectivity index (χ3v) is 2.70. The number of carboxylic acids is 1. The maximum absolute atomic E-state index is 10.5. The molecule has 1 N–H and O–H groups in total. The van der Waals surface area contributed by atoms with Gasteiger partial charge in [0.25, 0.3) is 0 Å². The standard InChI is InChI=1S/C9H18N2O2/c1-10-5-3-8(4-6-10)11(2)7-9(12)13/h8H,3-7H2,1-2H3,(H,12,13). The topological polar surface area (TPSA) is 43.8 Å². The molecule has 0 radical (unpaired) electrons. The lowest BCUT2D eigenvalue weighted by Gasteiger charge is -2.34. The first-order valence-corrected chi connectivity index (χ1v) is 4.70. The molecule has 0 amide bonds. The monoisotopic (exact) mass is 186 g/mol. The van der Waals surface area contributed by atoms with Crippen molar-refractivity contribution >= 4 is 5.97 Å². The van der Waals surface area contributed by atoms with Crippen LogP contribution in [0.15, 0.2) is 0 Å². The van der Waals surface area contributed by atoms with Gasteiger partial charge in [0.1, 0.15) is 0 Å². The first kappa shape index (κ1) is 10.5. The molecule has 1 aliphatic rings. The van der Waals surface area contributed by atoms with Crippen molar-refractivity contribution in [3.8, 4) is 0 Å². The van der Waals surface area contributed by atoms with Crippen molar-refractivity contribution in [1.29, 1.82) is 0 Å². The summed E-state index contributed by atoms with van der Waals surface area (Å²) in [6.45, 7) is 2.32. The Labute approximate surface area is 79.1 Å². The van der Waals surface area contributed by atoms with Crippen molar-refractivity contribution in [3.63, 3.8) is 0 Å². The lowest BCUT2D eigenvalue weighted by atomic mass is 10.0. The van der Waals surface area contributed by atoms with Crippen LogP contribution in [0.2, 0.25) is 0 Å². The highest BCUT2D eigenvalue weighted by atomic mass is 16.4. The summed E-state index contributed by atoms with van der Waals surface area (Å²) in [6.07, 6.45) is 2.17. The molecule has 0 atom stereocenters. The van der Waals surface area contributed by atoms with Crippen LogP contribution in [0.3, 0.4) is 0 Å². The minimum Gasteiger partial charge on any atom is -0.480 e. The van der Waals surface area contributed by atoms with E-state index in [4.69, 9.17) is 5.11 Å². The number of hydrogen-bond acceptors (Lipinski definition) is 3. The zero-order chi connectivity index (χ0) is 9.84. The highest BCUT2D eigenvalue weighted by molar-refractivity contribution is 5.69. The molecule has 0 aromatic heterocycles. The van der Waals surface area contributed by atoms with Gasteiger partial charge in [0.15, 0.2) is 0 Å². The van der Waals surface area contributed by atoms with E-state index in [2.05, 4.69) is 11.9 Å². The molecule has 0 aromatic carbocycles. The summed E-state index contributed by atoms with van der Waals surface area (Å²) in [5, 5.41) is 8.61. The van der Waals surface area contributed by atoms with Gasteiger partial charge in [0, 0.05) is 6.04 Å². The SMILES string of the molecule is CN1CCC(N(C)CC(=O)O)CC1. The molecule has 4 nitrogen and oxygen atoms in total. The highest BCUT2D eigenvalue weighted by Crippen LogP contribution is 2.13. The molecule has 1 rings (SSSR count). The molecule has 76 valence electrons. The van der Waals surface area contributed by atoms with Crippen LogP contribution < -0.4 is 0 Å². The third kappa shape index (κ3) is 3.32. The van der Waals surface area contributed by atoms with E-state index in [9.17, 15) is 4.79 Å². The minimum atomic E-state index is -0.735. The molecule has 0 unspecified atom stereocenters. The van der Waals surface area contributed by atoms with Gasteiger partial charge in [-0.2, -0.15) is 0 Å². The molecule has 13 heavy (non-hydrogen) atoms. The van der Waals surface area contributed by atoms with Crippen molar-refractivity contribution in [1.82, 2.24) is 9.80 Å². The average Bonchev–Trinajstić information content (AvgIpc) is 2.04. The Morgan fingerprint density at radius 1 is 1.54 bits per heavy atom. The van der Waals surface area contributed by atoms with Crippen LogP contribution in [0.1, 0.15) is 12.8 Å². The van der Waals surface area contributed by atoms with Crippen LogP contribution in [0.4, 0.5) is 0 Å². The van der Waals surface area contributed by atoms with E-state index in [0.29, 0.717) is 6.04 Å². The van der Waals surface area contributed by atoms with E-state index in [1.807, 2.05) is 11.9 Å². The molecule has 1 fully saturated rings. The summed E-state index contributed by atoms with van der Waals surface area (Å²) in [4.78, 5) is 14.7. The molecule has 1 aliphatic heterocycles. The second kappa shape index (κ2) is 4.58. The molecule has 1 heterocycles. The molecule has 0 spiro atoms. The van der Waals surface area contributed by atoms with E-state index in [1.54, 1.807) is 0 Å². The zero-order valence-corrected chi connectivity index (χ0v) is 8.36. The predicted octanol–water partition coefficient (Wildman–Crippen LogP) is 0.0970. The van der Waals surface area contributed by atoms with Crippen molar-refractivity contribution < 1.29 is 9.90 Å². The maximum Gasteiger partial charge on any atom is 0.317 e. The Balaban J connectivity index is 2.31. The zero-order valence-electron chi connectivity index (χ0n) is 8.36. The van der Waals surface area contributed by atoms with Crippen molar-refractivity contribution in [2.75, 3.05) is 33.7 Å². The summed E-state index contributed by atoms with van der Waals surface area (Å²) in [7, 11) is 4.00. The second-order valence-electron chi connectivity index (χ2n) is 3.84. The normalized spacial score (nSPS) is 20.8. The third-order valence-electron chi connectivity index (χ3n) is 2.70. The Hall–Kier alpha value is -0.610. The van der Waals surface area contributed by atoms with E-state index in [0.717, 1.165) is 25.9 Å². The van der Waals surface area contributed by atoms with Crippen molar-refractivity contribution in [2.45, 2.75) is 18.9 Å². The summed E-state index contributed by atoms with van der Waals surface area (Å²) in [5.41, 5.74) is 0. The highest BCUT2D eigenvalue weighted by Gasteiger charge is 2.21. The Morgan fingerprint density at radius 2 is 2.08 bits per heavy atom. The van der Waals surface area contributed by atoms with E-state index >= 15 is 0 Å². The molecule has 1 saturated heterocycles. The van der Waals surface area contributed by atoms with E-state index < -0.39 is 5.97 Å². The quantitative estimate of drug-likeness (QED) is 0.679. The number of carboxylic acid groups (broad SMARTS) is 1. The number of aliphatic carboxylic acids is 1.